The highest BCUT2D eigenvalue weighted by Crippen LogP contribution is 2.20. The first kappa shape index (κ1) is 16.3. The fraction of sp³-hybridized carbons (Fsp3) is 0.500. The predicted octanol–water partition coefficient (Wildman–Crippen LogP) is 1.13. The van der Waals surface area contributed by atoms with Crippen LogP contribution in [0.4, 0.5) is 13.2 Å². The van der Waals surface area contributed by atoms with Gasteiger partial charge in [0.25, 0.3) is 0 Å². The van der Waals surface area contributed by atoms with E-state index in [2.05, 4.69) is 11.3 Å². The first-order valence-corrected chi connectivity index (χ1v) is 4.83. The standard InChI is InChI=1S/C5H8O2.CHF3O3S/c1-3-5(6)7-4-2;2-1(3,4)8(5,6)7/h3H,1,4H2,2H3;(H,5,6,7). The number of halogens is 3. The molecule has 0 aliphatic heterocycles. The van der Waals surface area contributed by atoms with Crippen LogP contribution < -0.4 is 0 Å². The highest BCUT2D eigenvalue weighted by Gasteiger charge is 2.44. The molecule has 0 atom stereocenters. The third-order valence-corrected chi connectivity index (χ3v) is 1.33. The van der Waals surface area contributed by atoms with Gasteiger partial charge in [-0.2, -0.15) is 21.6 Å². The monoisotopic (exact) mass is 250 g/mol. The number of hydrogen-bond acceptors (Lipinski definition) is 4. The lowest BCUT2D eigenvalue weighted by atomic mass is 10.6. The topological polar surface area (TPSA) is 80.7 Å². The van der Waals surface area contributed by atoms with Crippen molar-refractivity contribution >= 4 is 16.1 Å². The van der Waals surface area contributed by atoms with Crippen molar-refractivity contribution in [2.45, 2.75) is 12.4 Å². The molecule has 0 amide bonds. The van der Waals surface area contributed by atoms with Gasteiger partial charge in [-0.25, -0.2) is 4.79 Å². The van der Waals surface area contributed by atoms with Gasteiger partial charge in [-0.05, 0) is 6.92 Å². The van der Waals surface area contributed by atoms with Crippen molar-refractivity contribution in [2.24, 2.45) is 0 Å². The van der Waals surface area contributed by atoms with Gasteiger partial charge in [0.1, 0.15) is 0 Å². The van der Waals surface area contributed by atoms with Crippen molar-refractivity contribution in [3.63, 3.8) is 0 Å². The molecule has 0 unspecified atom stereocenters. The molecule has 1 N–H and O–H groups in total. The van der Waals surface area contributed by atoms with Gasteiger partial charge >= 0.3 is 21.6 Å². The molecule has 0 aromatic rings. The van der Waals surface area contributed by atoms with E-state index in [-0.39, 0.29) is 5.97 Å². The second-order valence-electron chi connectivity index (χ2n) is 1.88. The molecule has 0 aliphatic rings. The molecule has 0 rings (SSSR count). The fourth-order valence-electron chi connectivity index (χ4n) is 0.201. The number of carbonyl (C=O) groups excluding carboxylic acids is 1. The summed E-state index contributed by atoms with van der Waals surface area (Å²) in [6.07, 6.45) is 1.14. The van der Waals surface area contributed by atoms with Crippen molar-refractivity contribution in [2.75, 3.05) is 6.61 Å². The van der Waals surface area contributed by atoms with E-state index in [0.29, 0.717) is 6.61 Å². The Kier molecular flexibility index (Phi) is 6.98. The second-order valence-corrected chi connectivity index (χ2v) is 3.29. The normalized spacial score (nSPS) is 11.0. The van der Waals surface area contributed by atoms with Crippen LogP contribution in [-0.4, -0.2) is 31.1 Å². The van der Waals surface area contributed by atoms with Gasteiger partial charge in [0.05, 0.1) is 6.61 Å². The van der Waals surface area contributed by atoms with E-state index < -0.39 is 15.6 Å². The van der Waals surface area contributed by atoms with E-state index in [1.165, 1.54) is 0 Å². The minimum Gasteiger partial charge on any atom is -0.463 e. The highest BCUT2D eigenvalue weighted by molar-refractivity contribution is 7.86. The molecule has 0 aromatic heterocycles. The van der Waals surface area contributed by atoms with E-state index in [1.807, 2.05) is 0 Å². The lowest BCUT2D eigenvalue weighted by Crippen LogP contribution is -2.21. The zero-order valence-corrected chi connectivity index (χ0v) is 8.43. The lowest BCUT2D eigenvalue weighted by molar-refractivity contribution is -0.137. The van der Waals surface area contributed by atoms with E-state index in [9.17, 15) is 18.0 Å². The molecule has 0 spiro atoms. The SMILES string of the molecule is C=CC(=O)OCC.O=S(=O)(O)C(F)(F)F. The quantitative estimate of drug-likeness (QED) is 0.344. The minimum absolute atomic E-state index is 0.359. The van der Waals surface area contributed by atoms with Crippen LogP contribution in [0.5, 0.6) is 0 Å². The average Bonchev–Trinajstić information content (AvgIpc) is 2.02. The molecule has 0 bridgehead atoms. The maximum absolute atomic E-state index is 10.7. The Bertz CT molecular complexity index is 305. The third kappa shape index (κ3) is 9.22. The van der Waals surface area contributed by atoms with Crippen molar-refractivity contribution in [3.05, 3.63) is 12.7 Å². The molecule has 0 radical (unpaired) electrons. The summed E-state index contributed by atoms with van der Waals surface area (Å²) >= 11 is 0. The Labute approximate surface area is 84.3 Å². The maximum atomic E-state index is 10.7. The molecular weight excluding hydrogens is 241 g/mol. The van der Waals surface area contributed by atoms with Crippen LogP contribution in [0.25, 0.3) is 0 Å². The van der Waals surface area contributed by atoms with Gasteiger partial charge in [0, 0.05) is 6.08 Å². The highest BCUT2D eigenvalue weighted by atomic mass is 32.2. The molecule has 15 heavy (non-hydrogen) atoms. The number of carbonyl (C=O) groups is 1. The molecule has 0 saturated carbocycles. The van der Waals surface area contributed by atoms with E-state index in [0.717, 1.165) is 6.08 Å². The Morgan fingerprint density at radius 1 is 1.53 bits per heavy atom. The number of hydrogen-bond donors (Lipinski definition) is 1. The molecular formula is C6H9F3O5S. The minimum atomic E-state index is -5.84. The lowest BCUT2D eigenvalue weighted by Gasteiger charge is -1.97. The van der Waals surface area contributed by atoms with Gasteiger partial charge in [-0.15, -0.1) is 0 Å². The van der Waals surface area contributed by atoms with Crippen LogP contribution in [0.15, 0.2) is 12.7 Å². The van der Waals surface area contributed by atoms with Crippen LogP contribution in [-0.2, 0) is 19.6 Å². The summed E-state index contributed by atoms with van der Waals surface area (Å²) in [7, 11) is -5.84. The van der Waals surface area contributed by atoms with Crippen LogP contribution in [0, 0.1) is 0 Å². The number of esters is 1. The summed E-state index contributed by atoms with van der Waals surface area (Å²) in [6, 6.07) is 0. The van der Waals surface area contributed by atoms with Crippen LogP contribution >= 0.6 is 0 Å². The van der Waals surface area contributed by atoms with Gasteiger partial charge < -0.3 is 4.74 Å². The van der Waals surface area contributed by atoms with Crippen LogP contribution in [0.3, 0.4) is 0 Å². The summed E-state index contributed by atoms with van der Waals surface area (Å²) in [5.74, 6) is -0.359. The number of rotatable bonds is 2. The van der Waals surface area contributed by atoms with Crippen molar-refractivity contribution in [1.82, 2.24) is 0 Å². The van der Waals surface area contributed by atoms with E-state index >= 15 is 0 Å². The van der Waals surface area contributed by atoms with Gasteiger partial charge in [-0.1, -0.05) is 6.58 Å². The number of ether oxygens (including phenoxy) is 1. The Morgan fingerprint density at radius 3 is 1.93 bits per heavy atom. The Hall–Kier alpha value is -1.09. The van der Waals surface area contributed by atoms with Crippen molar-refractivity contribution in [1.29, 1.82) is 0 Å². The van der Waals surface area contributed by atoms with Gasteiger partial charge in [0.15, 0.2) is 0 Å². The van der Waals surface area contributed by atoms with Crippen molar-refractivity contribution in [3.8, 4) is 0 Å². The molecule has 0 aromatic carbocycles. The summed E-state index contributed by atoms with van der Waals surface area (Å²) in [6.45, 7) is 5.38. The molecule has 0 aliphatic carbocycles. The molecule has 90 valence electrons. The maximum Gasteiger partial charge on any atom is 0.522 e. The summed E-state index contributed by atoms with van der Waals surface area (Å²) < 4.78 is 62.0. The third-order valence-electron chi connectivity index (χ3n) is 0.746. The number of alkyl halides is 3. The Balaban J connectivity index is 0. The van der Waals surface area contributed by atoms with Gasteiger partial charge in [-0.3, -0.25) is 4.55 Å². The van der Waals surface area contributed by atoms with Crippen molar-refractivity contribution < 1.29 is 35.7 Å². The van der Waals surface area contributed by atoms with E-state index in [4.69, 9.17) is 13.0 Å². The first-order chi connectivity index (χ1) is 6.56. The predicted molar refractivity (Wildman–Crippen MR) is 44.4 cm³/mol. The fourth-order valence-corrected chi connectivity index (χ4v) is 0.201. The summed E-state index contributed by atoms with van der Waals surface area (Å²) in [5.41, 5.74) is -5.53. The first-order valence-electron chi connectivity index (χ1n) is 3.39. The van der Waals surface area contributed by atoms with Gasteiger partial charge in [0.2, 0.25) is 0 Å². The zero-order valence-electron chi connectivity index (χ0n) is 7.61. The molecule has 0 fully saturated rings. The summed E-state index contributed by atoms with van der Waals surface area (Å²) in [4.78, 5) is 10.1. The molecule has 0 saturated heterocycles. The van der Waals surface area contributed by atoms with E-state index in [1.54, 1.807) is 6.92 Å². The second kappa shape index (κ2) is 6.40. The molecule has 0 heterocycles. The Morgan fingerprint density at radius 2 is 1.87 bits per heavy atom. The smallest absolute Gasteiger partial charge is 0.463 e. The van der Waals surface area contributed by atoms with Crippen LogP contribution in [0.1, 0.15) is 6.92 Å². The molecule has 9 heteroatoms. The average molecular weight is 250 g/mol. The summed E-state index contributed by atoms with van der Waals surface area (Å²) in [5, 5.41) is 0. The molecule has 5 nitrogen and oxygen atoms in total. The van der Waals surface area contributed by atoms with Crippen LogP contribution in [0.2, 0.25) is 0 Å². The largest absolute Gasteiger partial charge is 0.522 e. The zero-order chi connectivity index (χ0) is 12.7.